The summed E-state index contributed by atoms with van der Waals surface area (Å²) in [5, 5.41) is 12.5. The normalized spacial score (nSPS) is 27.7. The van der Waals surface area contributed by atoms with E-state index in [1.54, 1.807) is 6.20 Å². The zero-order valence-corrected chi connectivity index (χ0v) is 10.5. The van der Waals surface area contributed by atoms with Crippen LogP contribution in [0.1, 0.15) is 38.8 Å². The van der Waals surface area contributed by atoms with Gasteiger partial charge in [-0.05, 0) is 36.8 Å². The minimum atomic E-state index is 0.483. The molecule has 1 aromatic heterocycles. The highest BCUT2D eigenvalue weighted by Gasteiger charge is 2.31. The van der Waals surface area contributed by atoms with Gasteiger partial charge in [0, 0.05) is 12.2 Å². The van der Waals surface area contributed by atoms with Crippen LogP contribution in [0, 0.1) is 23.2 Å². The number of aromatic nitrogens is 1. The molecular weight excluding hydrogens is 210 g/mol. The zero-order chi connectivity index (χ0) is 12.3. The second kappa shape index (κ2) is 5.18. The molecule has 3 nitrogen and oxygen atoms in total. The number of pyridine rings is 1. The minimum absolute atomic E-state index is 0.483. The highest BCUT2D eigenvalue weighted by molar-refractivity contribution is 5.54. The van der Waals surface area contributed by atoms with E-state index in [9.17, 15) is 0 Å². The van der Waals surface area contributed by atoms with Gasteiger partial charge in [0.15, 0.2) is 5.69 Å². The molecule has 1 heterocycles. The molecule has 0 aromatic carbocycles. The van der Waals surface area contributed by atoms with Gasteiger partial charge in [0.1, 0.15) is 6.07 Å². The van der Waals surface area contributed by atoms with Crippen molar-refractivity contribution in [1.82, 2.24) is 4.98 Å². The SMILES string of the molecule is CCC1CCC(Nc2cccnc2C#N)C1C. The summed E-state index contributed by atoms with van der Waals surface area (Å²) < 4.78 is 0. The van der Waals surface area contributed by atoms with Crippen LogP contribution in [-0.2, 0) is 0 Å². The van der Waals surface area contributed by atoms with E-state index in [4.69, 9.17) is 5.26 Å². The molecule has 1 N–H and O–H groups in total. The van der Waals surface area contributed by atoms with E-state index in [1.807, 2.05) is 12.1 Å². The Hall–Kier alpha value is -1.56. The summed E-state index contributed by atoms with van der Waals surface area (Å²) in [6.45, 7) is 4.57. The summed E-state index contributed by atoms with van der Waals surface area (Å²) in [5.74, 6) is 1.49. The maximum absolute atomic E-state index is 9.00. The van der Waals surface area contributed by atoms with Crippen molar-refractivity contribution >= 4 is 5.69 Å². The van der Waals surface area contributed by atoms with Crippen molar-refractivity contribution in [3.63, 3.8) is 0 Å². The Labute approximate surface area is 103 Å². The fourth-order valence-corrected chi connectivity index (χ4v) is 2.84. The van der Waals surface area contributed by atoms with Gasteiger partial charge in [-0.25, -0.2) is 4.98 Å². The Morgan fingerprint density at radius 2 is 2.35 bits per heavy atom. The molecule has 1 aliphatic rings. The van der Waals surface area contributed by atoms with Crippen LogP contribution < -0.4 is 5.32 Å². The molecule has 0 radical (unpaired) electrons. The molecule has 3 atom stereocenters. The number of nitrogens with one attached hydrogen (secondary N) is 1. The molecule has 1 aliphatic carbocycles. The molecule has 17 heavy (non-hydrogen) atoms. The van der Waals surface area contributed by atoms with E-state index in [2.05, 4.69) is 30.2 Å². The molecular formula is C14H19N3. The Kier molecular flexibility index (Phi) is 3.63. The minimum Gasteiger partial charge on any atom is -0.380 e. The first-order chi connectivity index (χ1) is 8.26. The monoisotopic (exact) mass is 229 g/mol. The summed E-state index contributed by atoms with van der Waals surface area (Å²) in [4.78, 5) is 4.08. The van der Waals surface area contributed by atoms with Gasteiger partial charge < -0.3 is 5.32 Å². The third kappa shape index (κ3) is 2.41. The number of anilines is 1. The Morgan fingerprint density at radius 3 is 3.00 bits per heavy atom. The van der Waals surface area contributed by atoms with Gasteiger partial charge in [-0.2, -0.15) is 5.26 Å². The molecule has 0 bridgehead atoms. The zero-order valence-electron chi connectivity index (χ0n) is 10.5. The Balaban J connectivity index is 2.09. The van der Waals surface area contributed by atoms with Crippen LogP contribution in [0.15, 0.2) is 18.3 Å². The number of nitriles is 1. The van der Waals surface area contributed by atoms with Gasteiger partial charge >= 0.3 is 0 Å². The van der Waals surface area contributed by atoms with Crippen LogP contribution in [0.3, 0.4) is 0 Å². The summed E-state index contributed by atoms with van der Waals surface area (Å²) in [7, 11) is 0. The van der Waals surface area contributed by atoms with Crippen molar-refractivity contribution in [2.45, 2.75) is 39.2 Å². The van der Waals surface area contributed by atoms with Gasteiger partial charge in [-0.3, -0.25) is 0 Å². The standard InChI is InChI=1S/C14H19N3/c1-3-11-6-7-12(10(11)2)17-13-5-4-8-16-14(13)9-15/h4-5,8,10-12,17H,3,6-7H2,1-2H3. The van der Waals surface area contributed by atoms with E-state index >= 15 is 0 Å². The summed E-state index contributed by atoms with van der Waals surface area (Å²) >= 11 is 0. The van der Waals surface area contributed by atoms with Crippen LogP contribution in [0.4, 0.5) is 5.69 Å². The number of hydrogen-bond donors (Lipinski definition) is 1. The third-order valence-electron chi connectivity index (χ3n) is 4.01. The third-order valence-corrected chi connectivity index (χ3v) is 4.01. The van der Waals surface area contributed by atoms with Gasteiger partial charge in [0.05, 0.1) is 5.69 Å². The van der Waals surface area contributed by atoms with Crippen LogP contribution in [0.2, 0.25) is 0 Å². The van der Waals surface area contributed by atoms with E-state index < -0.39 is 0 Å². The topological polar surface area (TPSA) is 48.7 Å². The lowest BCUT2D eigenvalue weighted by Crippen LogP contribution is -2.25. The lowest BCUT2D eigenvalue weighted by molar-refractivity contribution is 0.392. The average Bonchev–Trinajstić information content (AvgIpc) is 2.71. The molecule has 1 saturated carbocycles. The number of rotatable bonds is 3. The van der Waals surface area contributed by atoms with E-state index in [0.29, 0.717) is 17.7 Å². The fraction of sp³-hybridized carbons (Fsp3) is 0.571. The van der Waals surface area contributed by atoms with Gasteiger partial charge in [-0.1, -0.05) is 20.3 Å². The first-order valence-corrected chi connectivity index (χ1v) is 6.38. The summed E-state index contributed by atoms with van der Waals surface area (Å²) in [6, 6.07) is 6.44. The molecule has 2 rings (SSSR count). The predicted molar refractivity (Wildman–Crippen MR) is 68.5 cm³/mol. The van der Waals surface area contributed by atoms with Crippen molar-refractivity contribution < 1.29 is 0 Å². The van der Waals surface area contributed by atoms with Crippen molar-refractivity contribution in [2.24, 2.45) is 11.8 Å². The van der Waals surface area contributed by atoms with E-state index in [-0.39, 0.29) is 0 Å². The van der Waals surface area contributed by atoms with Crippen molar-refractivity contribution in [3.8, 4) is 6.07 Å². The van der Waals surface area contributed by atoms with Crippen molar-refractivity contribution in [1.29, 1.82) is 5.26 Å². The summed E-state index contributed by atoms with van der Waals surface area (Å²) in [5.41, 5.74) is 1.38. The van der Waals surface area contributed by atoms with Crippen LogP contribution in [-0.4, -0.2) is 11.0 Å². The lowest BCUT2D eigenvalue weighted by Gasteiger charge is -2.22. The average molecular weight is 229 g/mol. The first kappa shape index (κ1) is 11.9. The molecule has 1 aromatic rings. The maximum atomic E-state index is 9.00. The molecule has 90 valence electrons. The maximum Gasteiger partial charge on any atom is 0.163 e. The first-order valence-electron chi connectivity index (χ1n) is 6.38. The number of nitrogens with zero attached hydrogens (tertiary/aromatic N) is 2. The smallest absolute Gasteiger partial charge is 0.163 e. The van der Waals surface area contributed by atoms with Crippen LogP contribution >= 0.6 is 0 Å². The largest absolute Gasteiger partial charge is 0.380 e. The molecule has 0 spiro atoms. The molecule has 0 aliphatic heterocycles. The molecule has 0 amide bonds. The molecule has 3 unspecified atom stereocenters. The molecule has 0 saturated heterocycles. The van der Waals surface area contributed by atoms with Crippen molar-refractivity contribution in [2.75, 3.05) is 5.32 Å². The highest BCUT2D eigenvalue weighted by Crippen LogP contribution is 2.35. The number of hydrogen-bond acceptors (Lipinski definition) is 3. The van der Waals surface area contributed by atoms with E-state index in [1.165, 1.54) is 19.3 Å². The van der Waals surface area contributed by atoms with Gasteiger partial charge in [-0.15, -0.1) is 0 Å². The predicted octanol–water partition coefficient (Wildman–Crippen LogP) is 3.19. The van der Waals surface area contributed by atoms with Gasteiger partial charge in [0.25, 0.3) is 0 Å². The van der Waals surface area contributed by atoms with E-state index in [0.717, 1.165) is 11.6 Å². The van der Waals surface area contributed by atoms with Crippen molar-refractivity contribution in [3.05, 3.63) is 24.0 Å². The Morgan fingerprint density at radius 1 is 1.53 bits per heavy atom. The van der Waals surface area contributed by atoms with Gasteiger partial charge in [0.2, 0.25) is 0 Å². The Bertz CT molecular complexity index is 422. The fourth-order valence-electron chi connectivity index (χ4n) is 2.84. The quantitative estimate of drug-likeness (QED) is 0.866. The summed E-state index contributed by atoms with van der Waals surface area (Å²) in [6.07, 6.45) is 5.39. The second-order valence-electron chi connectivity index (χ2n) is 4.87. The second-order valence-corrected chi connectivity index (χ2v) is 4.87. The molecule has 3 heteroatoms. The molecule has 1 fully saturated rings. The lowest BCUT2D eigenvalue weighted by atomic mass is 9.93. The van der Waals surface area contributed by atoms with Crippen LogP contribution in [0.5, 0.6) is 0 Å². The van der Waals surface area contributed by atoms with Crippen LogP contribution in [0.25, 0.3) is 0 Å². The highest BCUT2D eigenvalue weighted by atomic mass is 15.0.